The van der Waals surface area contributed by atoms with Crippen molar-refractivity contribution in [3.05, 3.63) is 53.3 Å². The van der Waals surface area contributed by atoms with E-state index in [4.69, 9.17) is 0 Å². The molecule has 2 aromatic heterocycles. The third kappa shape index (κ3) is 3.40. The lowest BCUT2D eigenvalue weighted by Gasteiger charge is -1.97. The van der Waals surface area contributed by atoms with E-state index in [9.17, 15) is 0 Å². The summed E-state index contributed by atoms with van der Waals surface area (Å²) in [6.45, 7) is 0. The molecule has 0 unspecified atom stereocenters. The van der Waals surface area contributed by atoms with Crippen LogP contribution in [-0.4, -0.2) is 15.0 Å². The number of aromatic nitrogens is 3. The van der Waals surface area contributed by atoms with E-state index in [-0.39, 0.29) is 24.8 Å². The molecule has 0 saturated heterocycles. The smallest absolute Gasteiger partial charge is 0.166 e. The third-order valence-electron chi connectivity index (χ3n) is 3.76. The number of nitrogens with one attached hydrogen (secondary N) is 1. The molecule has 0 spiro atoms. The summed E-state index contributed by atoms with van der Waals surface area (Å²) in [5, 5.41) is 0.981. The molecule has 116 valence electrons. The molecule has 1 N–H and O–H groups in total. The Morgan fingerprint density at radius 1 is 1.09 bits per heavy atom. The molecule has 1 aliphatic carbocycles. The zero-order chi connectivity index (χ0) is 13.4. The number of aromatic amines is 1. The van der Waals surface area contributed by atoms with Crippen LogP contribution in [-0.2, 0) is 18.6 Å². The van der Waals surface area contributed by atoms with Gasteiger partial charge in [0, 0.05) is 11.9 Å². The highest BCUT2D eigenvalue weighted by Crippen LogP contribution is 2.28. The Hall–Kier alpha value is -1.23. The fourth-order valence-electron chi connectivity index (χ4n) is 2.75. The first-order valence-electron chi connectivity index (χ1n) is 6.93. The highest BCUT2D eigenvalue weighted by atomic mass is 35.5. The van der Waals surface area contributed by atoms with Crippen molar-refractivity contribution in [1.82, 2.24) is 15.0 Å². The summed E-state index contributed by atoms with van der Waals surface area (Å²) in [4.78, 5) is 12.4. The van der Waals surface area contributed by atoms with Gasteiger partial charge < -0.3 is 4.98 Å². The molecule has 4 rings (SSSR count). The molecule has 0 atom stereocenters. The molecule has 1 aliphatic rings. The van der Waals surface area contributed by atoms with Gasteiger partial charge in [0.25, 0.3) is 0 Å². The Bertz CT molecular complexity index is 718. The van der Waals surface area contributed by atoms with Crippen molar-refractivity contribution in [3.8, 4) is 0 Å². The van der Waals surface area contributed by atoms with Crippen molar-refractivity contribution >= 4 is 47.6 Å². The number of hydrogen-bond donors (Lipinski definition) is 1. The second-order valence-corrected chi connectivity index (χ2v) is 6.11. The summed E-state index contributed by atoms with van der Waals surface area (Å²) in [7, 11) is 0. The van der Waals surface area contributed by atoms with Gasteiger partial charge >= 0.3 is 0 Å². The van der Waals surface area contributed by atoms with E-state index in [1.807, 2.05) is 24.4 Å². The van der Waals surface area contributed by atoms with Crippen LogP contribution in [0.3, 0.4) is 0 Å². The number of imidazole rings is 1. The second kappa shape index (κ2) is 7.36. The summed E-state index contributed by atoms with van der Waals surface area (Å²) in [6.07, 6.45) is 5.53. The minimum Gasteiger partial charge on any atom is -0.333 e. The molecule has 0 bridgehead atoms. The summed E-state index contributed by atoms with van der Waals surface area (Å²) in [6, 6.07) is 10.5. The zero-order valence-corrected chi connectivity index (χ0v) is 14.4. The fourth-order valence-corrected chi connectivity index (χ4v) is 3.55. The maximum Gasteiger partial charge on any atom is 0.166 e. The molecular weight excluding hydrogens is 337 g/mol. The quantitative estimate of drug-likeness (QED) is 0.700. The fraction of sp³-hybridized carbons (Fsp3) is 0.250. The van der Waals surface area contributed by atoms with Gasteiger partial charge in [0.15, 0.2) is 5.16 Å². The SMILES string of the molecule is Cl.Cl.c1ccc(CSc2nc3cc4c(cc3[nH]2)CCC4)nc1. The van der Waals surface area contributed by atoms with Crippen LogP contribution in [0, 0.1) is 0 Å². The van der Waals surface area contributed by atoms with Gasteiger partial charge in [0.1, 0.15) is 0 Å². The van der Waals surface area contributed by atoms with Gasteiger partial charge in [-0.25, -0.2) is 4.98 Å². The Labute approximate surface area is 146 Å². The maximum absolute atomic E-state index is 4.68. The van der Waals surface area contributed by atoms with E-state index in [1.165, 1.54) is 30.4 Å². The molecule has 6 heteroatoms. The normalized spacial score (nSPS) is 12.5. The lowest BCUT2D eigenvalue weighted by atomic mass is 10.1. The van der Waals surface area contributed by atoms with Crippen LogP contribution in [0.5, 0.6) is 0 Å². The lowest BCUT2D eigenvalue weighted by Crippen LogP contribution is -1.85. The van der Waals surface area contributed by atoms with Crippen LogP contribution in [0.25, 0.3) is 11.0 Å². The van der Waals surface area contributed by atoms with Gasteiger partial charge in [0.2, 0.25) is 0 Å². The number of fused-ring (bicyclic) bond motifs is 2. The van der Waals surface area contributed by atoms with Gasteiger partial charge in [-0.15, -0.1) is 24.8 Å². The van der Waals surface area contributed by atoms with E-state index in [0.717, 1.165) is 27.6 Å². The number of H-pyrrole nitrogens is 1. The highest BCUT2D eigenvalue weighted by Gasteiger charge is 2.13. The second-order valence-electron chi connectivity index (χ2n) is 5.14. The van der Waals surface area contributed by atoms with Gasteiger partial charge in [-0.1, -0.05) is 17.8 Å². The van der Waals surface area contributed by atoms with E-state index in [0.29, 0.717) is 0 Å². The van der Waals surface area contributed by atoms with Gasteiger partial charge in [-0.3, -0.25) is 4.98 Å². The van der Waals surface area contributed by atoms with Crippen molar-refractivity contribution in [1.29, 1.82) is 0 Å². The van der Waals surface area contributed by atoms with Crippen LogP contribution < -0.4 is 0 Å². The lowest BCUT2D eigenvalue weighted by molar-refractivity contribution is 0.911. The number of aryl methyl sites for hydroxylation is 2. The summed E-state index contributed by atoms with van der Waals surface area (Å²) < 4.78 is 0. The Kier molecular flexibility index (Phi) is 5.73. The highest BCUT2D eigenvalue weighted by molar-refractivity contribution is 7.98. The number of pyridine rings is 1. The first-order chi connectivity index (χ1) is 9.88. The van der Waals surface area contributed by atoms with Gasteiger partial charge in [0.05, 0.1) is 16.7 Å². The minimum atomic E-state index is 0. The average molecular weight is 354 g/mol. The number of rotatable bonds is 3. The van der Waals surface area contributed by atoms with Crippen molar-refractivity contribution in [2.75, 3.05) is 0 Å². The topological polar surface area (TPSA) is 41.6 Å². The van der Waals surface area contributed by atoms with Crippen molar-refractivity contribution in [2.24, 2.45) is 0 Å². The van der Waals surface area contributed by atoms with E-state index in [1.54, 1.807) is 11.8 Å². The minimum absolute atomic E-state index is 0. The Morgan fingerprint density at radius 3 is 2.68 bits per heavy atom. The Balaban J connectivity index is 0.000000882. The molecular formula is C16H17Cl2N3S. The van der Waals surface area contributed by atoms with Crippen LogP contribution in [0.15, 0.2) is 41.7 Å². The number of nitrogens with zero attached hydrogens (tertiary/aromatic N) is 2. The summed E-state index contributed by atoms with van der Waals surface area (Å²) in [5.41, 5.74) is 6.30. The van der Waals surface area contributed by atoms with Crippen LogP contribution >= 0.6 is 36.6 Å². The Morgan fingerprint density at radius 2 is 1.91 bits per heavy atom. The standard InChI is InChI=1S/C16H15N3S.2ClH/c1-2-7-17-13(6-1)10-20-16-18-14-8-11-4-3-5-12(11)9-15(14)19-16;;/h1-2,6-9H,3-5,10H2,(H,18,19);2*1H. The maximum atomic E-state index is 4.68. The van der Waals surface area contributed by atoms with Gasteiger partial charge in [-0.05, 0) is 54.7 Å². The number of halogens is 2. The first-order valence-corrected chi connectivity index (χ1v) is 7.91. The molecule has 0 aliphatic heterocycles. The number of hydrogen-bond acceptors (Lipinski definition) is 3. The molecule has 3 nitrogen and oxygen atoms in total. The van der Waals surface area contributed by atoms with Crippen molar-refractivity contribution in [2.45, 2.75) is 30.2 Å². The molecule has 0 fully saturated rings. The van der Waals surface area contributed by atoms with E-state index >= 15 is 0 Å². The average Bonchev–Trinajstić information content (AvgIpc) is 3.08. The summed E-state index contributed by atoms with van der Waals surface area (Å²) in [5.74, 6) is 0.848. The van der Waals surface area contributed by atoms with E-state index in [2.05, 4.69) is 27.1 Å². The molecule has 22 heavy (non-hydrogen) atoms. The van der Waals surface area contributed by atoms with Crippen LogP contribution in [0.4, 0.5) is 0 Å². The third-order valence-corrected chi connectivity index (χ3v) is 4.66. The van der Waals surface area contributed by atoms with E-state index < -0.39 is 0 Å². The van der Waals surface area contributed by atoms with Crippen molar-refractivity contribution in [3.63, 3.8) is 0 Å². The molecule has 1 aromatic carbocycles. The number of thioether (sulfide) groups is 1. The largest absolute Gasteiger partial charge is 0.333 e. The number of benzene rings is 1. The zero-order valence-electron chi connectivity index (χ0n) is 11.9. The van der Waals surface area contributed by atoms with Gasteiger partial charge in [-0.2, -0.15) is 0 Å². The molecule has 0 amide bonds. The molecule has 0 radical (unpaired) electrons. The first kappa shape index (κ1) is 17.1. The molecule has 0 saturated carbocycles. The summed E-state index contributed by atoms with van der Waals surface area (Å²) >= 11 is 1.71. The van der Waals surface area contributed by atoms with Crippen molar-refractivity contribution < 1.29 is 0 Å². The molecule has 2 heterocycles. The predicted octanol–water partition coefficient (Wildman–Crippen LogP) is 4.58. The predicted molar refractivity (Wildman–Crippen MR) is 96.4 cm³/mol. The molecule has 3 aromatic rings. The monoisotopic (exact) mass is 353 g/mol. The van der Waals surface area contributed by atoms with Crippen LogP contribution in [0.2, 0.25) is 0 Å². The van der Waals surface area contributed by atoms with Crippen LogP contribution in [0.1, 0.15) is 23.2 Å².